The second kappa shape index (κ2) is 8.77. The maximum atomic E-state index is 12.9. The van der Waals surface area contributed by atoms with Crippen LogP contribution in [0.5, 0.6) is 0 Å². The van der Waals surface area contributed by atoms with Gasteiger partial charge in [-0.1, -0.05) is 0 Å². The topological polar surface area (TPSA) is 159 Å². The third-order valence-corrected chi connectivity index (χ3v) is 5.93. The van der Waals surface area contributed by atoms with Gasteiger partial charge in [-0.25, -0.2) is 13.2 Å². The third kappa shape index (κ3) is 5.62. The second-order valence-electron chi connectivity index (χ2n) is 6.00. The van der Waals surface area contributed by atoms with Crippen LogP contribution in [0.2, 0.25) is 0 Å². The van der Waals surface area contributed by atoms with E-state index in [1.807, 2.05) is 0 Å². The first-order valence-electron chi connectivity index (χ1n) is 8.21. The first-order valence-corrected chi connectivity index (χ1v) is 9.65. The summed E-state index contributed by atoms with van der Waals surface area (Å²) in [4.78, 5) is 31.9. The van der Waals surface area contributed by atoms with E-state index < -0.39 is 21.0 Å². The first-order chi connectivity index (χ1) is 12.7. The molecule has 1 heterocycles. The highest BCUT2D eigenvalue weighted by molar-refractivity contribution is 7.89. The summed E-state index contributed by atoms with van der Waals surface area (Å²) in [7, 11) is -3.96. The summed E-state index contributed by atoms with van der Waals surface area (Å²) < 4.78 is 27.0. The Morgan fingerprint density at radius 2 is 2.04 bits per heavy atom. The molecule has 3 N–H and O–H groups in total. The molecule has 0 spiro atoms. The molecular formula is C15H20N4O7S. The van der Waals surface area contributed by atoms with Crippen molar-refractivity contribution in [2.75, 3.05) is 19.6 Å². The number of hydrogen-bond acceptors (Lipinski definition) is 6. The van der Waals surface area contributed by atoms with Crippen molar-refractivity contribution in [1.29, 1.82) is 0 Å². The molecule has 2 amide bonds. The van der Waals surface area contributed by atoms with Crippen molar-refractivity contribution in [1.82, 2.24) is 14.9 Å². The van der Waals surface area contributed by atoms with E-state index in [2.05, 4.69) is 10.6 Å². The van der Waals surface area contributed by atoms with Gasteiger partial charge in [-0.2, -0.15) is 4.31 Å². The van der Waals surface area contributed by atoms with E-state index in [4.69, 9.17) is 5.11 Å². The molecule has 0 aromatic heterocycles. The molecule has 0 aliphatic carbocycles. The van der Waals surface area contributed by atoms with Crippen molar-refractivity contribution in [3.05, 3.63) is 34.4 Å². The smallest absolute Gasteiger partial charge is 0.404 e. The summed E-state index contributed by atoms with van der Waals surface area (Å²) in [6, 6.07) is 4.19. The molecule has 1 aromatic rings. The van der Waals surface area contributed by atoms with Crippen LogP contribution in [0.25, 0.3) is 0 Å². The standard InChI is InChI=1S/C15H20N4O7S/c20-14-7-2-11(17-14)10-18(9-1-8-16-15(21)22)27(25,26)13-5-3-12(4-6-13)19(23)24/h3-6,11,16H,1-2,7-10H2,(H,17,20)(H,21,22)/t11-/m1/s1. The number of nitro groups is 1. The molecule has 148 valence electrons. The largest absolute Gasteiger partial charge is 0.465 e. The van der Waals surface area contributed by atoms with Gasteiger partial charge >= 0.3 is 6.09 Å². The highest BCUT2D eigenvalue weighted by atomic mass is 32.2. The van der Waals surface area contributed by atoms with Crippen LogP contribution in [-0.2, 0) is 14.8 Å². The number of carbonyl (C=O) groups excluding carboxylic acids is 1. The van der Waals surface area contributed by atoms with Crippen LogP contribution in [0.3, 0.4) is 0 Å². The minimum Gasteiger partial charge on any atom is -0.465 e. The first kappa shape index (κ1) is 20.6. The number of hydrogen-bond donors (Lipinski definition) is 3. The Labute approximate surface area is 155 Å². The van der Waals surface area contributed by atoms with Crippen LogP contribution in [0.4, 0.5) is 10.5 Å². The van der Waals surface area contributed by atoms with Gasteiger partial charge in [-0.3, -0.25) is 14.9 Å². The number of nitrogens with one attached hydrogen (secondary N) is 2. The number of carbonyl (C=O) groups is 2. The van der Waals surface area contributed by atoms with Crippen LogP contribution >= 0.6 is 0 Å². The van der Waals surface area contributed by atoms with Crippen molar-refractivity contribution in [2.24, 2.45) is 0 Å². The number of carboxylic acid groups (broad SMARTS) is 1. The van der Waals surface area contributed by atoms with Crippen molar-refractivity contribution < 1.29 is 28.0 Å². The van der Waals surface area contributed by atoms with E-state index in [-0.39, 0.29) is 48.6 Å². The molecule has 0 radical (unpaired) electrons. The van der Waals surface area contributed by atoms with Crippen LogP contribution in [0, 0.1) is 10.1 Å². The van der Waals surface area contributed by atoms with Gasteiger partial charge in [0.15, 0.2) is 0 Å². The minimum atomic E-state index is -3.96. The van der Waals surface area contributed by atoms with Gasteiger partial charge in [0.05, 0.1) is 9.82 Å². The molecule has 0 bridgehead atoms. The predicted octanol–water partition coefficient (Wildman–Crippen LogP) is 0.522. The fourth-order valence-electron chi connectivity index (χ4n) is 2.71. The van der Waals surface area contributed by atoms with Gasteiger partial charge in [0.2, 0.25) is 15.9 Å². The molecule has 27 heavy (non-hydrogen) atoms. The predicted molar refractivity (Wildman–Crippen MR) is 93.7 cm³/mol. The van der Waals surface area contributed by atoms with Crippen LogP contribution in [-0.4, -0.2) is 60.4 Å². The van der Waals surface area contributed by atoms with E-state index >= 15 is 0 Å². The molecule has 1 saturated heterocycles. The van der Waals surface area contributed by atoms with Gasteiger partial charge in [-0.15, -0.1) is 0 Å². The van der Waals surface area contributed by atoms with Crippen molar-refractivity contribution in [3.8, 4) is 0 Å². The van der Waals surface area contributed by atoms with Crippen molar-refractivity contribution in [3.63, 3.8) is 0 Å². The highest BCUT2D eigenvalue weighted by Gasteiger charge is 2.30. The maximum Gasteiger partial charge on any atom is 0.404 e. The zero-order valence-corrected chi connectivity index (χ0v) is 15.1. The van der Waals surface area contributed by atoms with Gasteiger partial charge in [-0.05, 0) is 25.0 Å². The summed E-state index contributed by atoms with van der Waals surface area (Å²) in [6.07, 6.45) is -0.156. The summed E-state index contributed by atoms with van der Waals surface area (Å²) in [5, 5.41) is 24.2. The molecule has 1 aromatic carbocycles. The summed E-state index contributed by atoms with van der Waals surface area (Å²) in [5.74, 6) is -0.153. The van der Waals surface area contributed by atoms with Crippen molar-refractivity contribution >= 4 is 27.7 Å². The quantitative estimate of drug-likeness (QED) is 0.309. The number of nitro benzene ring substituents is 1. The Morgan fingerprint density at radius 3 is 2.56 bits per heavy atom. The Hall–Kier alpha value is -2.73. The minimum absolute atomic E-state index is 0.0337. The Kier molecular flexibility index (Phi) is 6.69. The molecule has 1 aliphatic rings. The summed E-state index contributed by atoms with van der Waals surface area (Å²) in [6.45, 7) is 0.142. The zero-order chi connectivity index (χ0) is 20.0. The number of amides is 2. The van der Waals surface area contributed by atoms with E-state index in [1.165, 1.54) is 0 Å². The Morgan fingerprint density at radius 1 is 1.37 bits per heavy atom. The van der Waals surface area contributed by atoms with Gasteiger partial charge in [0.1, 0.15) is 0 Å². The van der Waals surface area contributed by atoms with E-state index in [9.17, 15) is 28.1 Å². The number of sulfonamides is 1. The summed E-state index contributed by atoms with van der Waals surface area (Å²) >= 11 is 0. The highest BCUT2D eigenvalue weighted by Crippen LogP contribution is 2.21. The van der Waals surface area contributed by atoms with Crippen molar-refractivity contribution in [2.45, 2.75) is 30.2 Å². The normalized spacial score (nSPS) is 16.9. The fraction of sp³-hybridized carbons (Fsp3) is 0.467. The van der Waals surface area contributed by atoms with Gasteiger partial charge in [0, 0.05) is 44.2 Å². The summed E-state index contributed by atoms with van der Waals surface area (Å²) in [5.41, 5.74) is -0.228. The van der Waals surface area contributed by atoms with Crippen LogP contribution in [0.1, 0.15) is 19.3 Å². The lowest BCUT2D eigenvalue weighted by Crippen LogP contribution is -2.43. The molecule has 1 atom stereocenters. The van der Waals surface area contributed by atoms with Gasteiger partial charge < -0.3 is 15.7 Å². The molecule has 12 heteroatoms. The molecule has 1 fully saturated rings. The molecule has 2 rings (SSSR count). The number of benzene rings is 1. The Balaban J connectivity index is 2.16. The maximum absolute atomic E-state index is 12.9. The van der Waals surface area contributed by atoms with Crippen LogP contribution < -0.4 is 10.6 Å². The molecule has 1 aliphatic heterocycles. The SMILES string of the molecule is O=C(O)NCCCN(C[C@H]1CCC(=O)N1)S(=O)(=O)c1ccc([N+](=O)[O-])cc1. The third-order valence-electron chi connectivity index (χ3n) is 4.05. The van der Waals surface area contributed by atoms with Gasteiger partial charge in [0.25, 0.3) is 5.69 Å². The lowest BCUT2D eigenvalue weighted by Gasteiger charge is -2.25. The number of rotatable bonds is 9. The lowest BCUT2D eigenvalue weighted by molar-refractivity contribution is -0.384. The number of nitrogens with zero attached hydrogens (tertiary/aromatic N) is 2. The second-order valence-corrected chi connectivity index (χ2v) is 7.94. The van der Waals surface area contributed by atoms with E-state index in [1.54, 1.807) is 0 Å². The van der Waals surface area contributed by atoms with E-state index in [0.29, 0.717) is 12.8 Å². The Bertz CT molecular complexity index is 810. The molecular weight excluding hydrogens is 380 g/mol. The lowest BCUT2D eigenvalue weighted by atomic mass is 10.2. The molecule has 11 nitrogen and oxygen atoms in total. The average Bonchev–Trinajstić information content (AvgIpc) is 3.02. The molecule has 0 unspecified atom stereocenters. The number of non-ortho nitro benzene ring substituents is 1. The fourth-order valence-corrected chi connectivity index (χ4v) is 4.23. The zero-order valence-electron chi connectivity index (χ0n) is 14.3. The van der Waals surface area contributed by atoms with Crippen LogP contribution in [0.15, 0.2) is 29.2 Å². The molecule has 0 saturated carbocycles. The monoisotopic (exact) mass is 400 g/mol. The average molecular weight is 400 g/mol. The van der Waals surface area contributed by atoms with E-state index in [0.717, 1.165) is 28.6 Å².